The molecule has 8 nitrogen and oxygen atoms in total. The largest absolute Gasteiger partial charge is 0.573 e. The molecule has 0 unspecified atom stereocenters. The van der Waals surface area contributed by atoms with Crippen LogP contribution in [0.3, 0.4) is 0 Å². The van der Waals surface area contributed by atoms with Gasteiger partial charge in [0.05, 0.1) is 17.1 Å². The number of ether oxygens (including phenoxy) is 1. The first kappa shape index (κ1) is 31.0. The van der Waals surface area contributed by atoms with Crippen molar-refractivity contribution in [2.45, 2.75) is 52.3 Å². The highest BCUT2D eigenvalue weighted by Gasteiger charge is 2.33. The lowest BCUT2D eigenvalue weighted by Crippen LogP contribution is -2.31. The first-order chi connectivity index (χ1) is 21.1. The van der Waals surface area contributed by atoms with E-state index >= 15 is 0 Å². The van der Waals surface area contributed by atoms with Crippen molar-refractivity contribution < 1.29 is 27.5 Å². The molecule has 1 aliphatic heterocycles. The maximum absolute atomic E-state index is 12.7. The number of carbonyl (C=O) groups excluding carboxylic acids is 2. The second-order valence-electron chi connectivity index (χ2n) is 10.2. The van der Waals surface area contributed by atoms with E-state index in [1.165, 1.54) is 47.0 Å². The number of nitrogens with zero attached hydrogens (tertiary/aromatic N) is 5. The molecule has 1 fully saturated rings. The number of rotatable bonds is 10. The Labute approximate surface area is 257 Å². The molecule has 5 rings (SSSR count). The third-order valence-electron chi connectivity index (χ3n) is 7.06. The topological polar surface area (TPSA) is 89.7 Å². The summed E-state index contributed by atoms with van der Waals surface area (Å²) in [5.41, 5.74) is 5.29. The minimum absolute atomic E-state index is 0.0652. The molecular formula is C32H30F3N5O3S. The van der Waals surface area contributed by atoms with Gasteiger partial charge in [0.25, 0.3) is 0 Å². The van der Waals surface area contributed by atoms with Crippen LogP contribution < -0.4 is 9.64 Å². The van der Waals surface area contributed by atoms with Gasteiger partial charge in [0.15, 0.2) is 11.0 Å². The first-order valence-corrected chi connectivity index (χ1v) is 15.1. The summed E-state index contributed by atoms with van der Waals surface area (Å²) in [6.07, 6.45) is 0.0516. The predicted molar refractivity (Wildman–Crippen MR) is 164 cm³/mol. The van der Waals surface area contributed by atoms with Crippen molar-refractivity contribution in [1.82, 2.24) is 14.8 Å². The number of carbonyl (C=O) groups is 2. The van der Waals surface area contributed by atoms with Gasteiger partial charge < -0.3 is 4.74 Å². The van der Waals surface area contributed by atoms with Gasteiger partial charge in [-0.05, 0) is 73.6 Å². The fraction of sp³-hybridized carbons (Fsp3) is 0.281. The number of hydrogen-bond donors (Lipinski definition) is 0. The lowest BCUT2D eigenvalue weighted by atomic mass is 10.0. The Hall–Kier alpha value is -4.45. The van der Waals surface area contributed by atoms with Gasteiger partial charge in [-0.3, -0.25) is 14.5 Å². The summed E-state index contributed by atoms with van der Waals surface area (Å²) in [5.74, 6) is 0.131. The number of unbranched alkanes of at least 4 members (excludes halogenated alkanes) is 1. The highest BCUT2D eigenvalue weighted by atomic mass is 32.2. The molecule has 0 atom stereocenters. The molecule has 2 amide bonds. The van der Waals surface area contributed by atoms with Gasteiger partial charge in [-0.2, -0.15) is 4.99 Å². The maximum atomic E-state index is 12.7. The smallest absolute Gasteiger partial charge is 0.406 e. The van der Waals surface area contributed by atoms with Crippen molar-refractivity contribution in [2.24, 2.45) is 4.99 Å². The quantitative estimate of drug-likeness (QED) is 0.176. The van der Waals surface area contributed by atoms with Crippen molar-refractivity contribution in [3.05, 3.63) is 89.7 Å². The third kappa shape index (κ3) is 7.54. The van der Waals surface area contributed by atoms with E-state index in [0.29, 0.717) is 29.5 Å². The minimum Gasteiger partial charge on any atom is -0.406 e. The van der Waals surface area contributed by atoms with Crippen molar-refractivity contribution in [2.75, 3.05) is 10.7 Å². The summed E-state index contributed by atoms with van der Waals surface area (Å²) >= 11 is 1.30. The molecule has 12 heteroatoms. The molecule has 0 saturated carbocycles. The van der Waals surface area contributed by atoms with Crippen LogP contribution in [0, 0.1) is 6.92 Å². The van der Waals surface area contributed by atoms with Gasteiger partial charge in [0, 0.05) is 12.0 Å². The van der Waals surface area contributed by atoms with Gasteiger partial charge >= 0.3 is 6.36 Å². The number of para-hydroxylation sites is 1. The average Bonchev–Trinajstić information content (AvgIpc) is 3.62. The van der Waals surface area contributed by atoms with Crippen molar-refractivity contribution in [3.8, 4) is 22.8 Å². The lowest BCUT2D eigenvalue weighted by Gasteiger charge is -2.21. The second-order valence-corrected chi connectivity index (χ2v) is 11.1. The third-order valence-corrected chi connectivity index (χ3v) is 7.98. The normalized spacial score (nSPS) is 14.4. The molecule has 1 aromatic heterocycles. The van der Waals surface area contributed by atoms with E-state index in [1.807, 2.05) is 56.3 Å². The molecule has 0 bridgehead atoms. The fourth-order valence-electron chi connectivity index (χ4n) is 4.90. The Morgan fingerprint density at radius 1 is 1.05 bits per heavy atom. The monoisotopic (exact) mass is 621 g/mol. The number of halogens is 3. The Kier molecular flexibility index (Phi) is 9.48. The Balaban J connectivity index is 1.13. The van der Waals surface area contributed by atoms with Crippen molar-refractivity contribution >= 4 is 34.4 Å². The molecule has 228 valence electrons. The second kappa shape index (κ2) is 13.5. The molecule has 0 N–H and O–H groups in total. The summed E-state index contributed by atoms with van der Waals surface area (Å²) < 4.78 is 42.6. The summed E-state index contributed by atoms with van der Waals surface area (Å²) in [5, 5.41) is 4.88. The van der Waals surface area contributed by atoms with E-state index < -0.39 is 6.36 Å². The molecule has 4 aromatic rings. The molecule has 3 aromatic carbocycles. The number of benzene rings is 3. The summed E-state index contributed by atoms with van der Waals surface area (Å²) in [7, 11) is 0. The standard InChI is InChI=1S/C32H30F3N5O3S/c1-3-23-9-6-7-21(2)29(23)40-28(42)19-44-31(40)37-27(41)10-5-4-8-22-11-13-24(14-12-22)30-36-20-39(38-30)25-15-17-26(18-16-25)43-32(33,34)35/h6-7,9,11-18,20H,3-5,8,10,19H2,1-2H3. The molecular weight excluding hydrogens is 591 g/mol. The molecule has 0 aliphatic carbocycles. The van der Waals surface area contributed by atoms with Gasteiger partial charge in [0.1, 0.15) is 12.1 Å². The van der Waals surface area contributed by atoms with E-state index in [1.54, 1.807) is 4.90 Å². The first-order valence-electron chi connectivity index (χ1n) is 14.1. The zero-order valence-corrected chi connectivity index (χ0v) is 25.0. The summed E-state index contributed by atoms with van der Waals surface area (Å²) in [6.45, 7) is 4.00. The molecule has 44 heavy (non-hydrogen) atoms. The van der Waals surface area contributed by atoms with Crippen molar-refractivity contribution in [3.63, 3.8) is 0 Å². The molecule has 1 saturated heterocycles. The van der Waals surface area contributed by atoms with E-state index in [9.17, 15) is 22.8 Å². The number of amidine groups is 1. The summed E-state index contributed by atoms with van der Waals surface area (Å²) in [6, 6.07) is 19.1. The van der Waals surface area contributed by atoms with Crippen LogP contribution in [0.1, 0.15) is 42.9 Å². The van der Waals surface area contributed by atoms with Gasteiger partial charge in [-0.25, -0.2) is 9.67 Å². The average molecular weight is 622 g/mol. The number of alkyl halides is 3. The number of thioether (sulfide) groups is 1. The van der Waals surface area contributed by atoms with E-state index in [-0.39, 0.29) is 23.3 Å². The van der Waals surface area contributed by atoms with Crippen LogP contribution in [0.15, 0.2) is 78.0 Å². The Morgan fingerprint density at radius 3 is 2.50 bits per heavy atom. The van der Waals surface area contributed by atoms with Crippen LogP contribution in [0.4, 0.5) is 18.9 Å². The minimum atomic E-state index is -4.75. The van der Waals surface area contributed by atoms with Crippen LogP contribution in [-0.2, 0) is 22.4 Å². The Bertz CT molecular complexity index is 1670. The lowest BCUT2D eigenvalue weighted by molar-refractivity contribution is -0.274. The van der Waals surface area contributed by atoms with Gasteiger partial charge in [-0.1, -0.05) is 61.2 Å². The maximum Gasteiger partial charge on any atom is 0.573 e. The SMILES string of the molecule is CCc1cccc(C)c1N1C(=O)CSC1=NC(=O)CCCCc1ccc(-c2ncn(-c3ccc(OC(F)(F)F)cc3)n2)cc1. The van der Waals surface area contributed by atoms with E-state index in [2.05, 4.69) is 19.8 Å². The zero-order chi connectivity index (χ0) is 31.3. The number of anilines is 1. The number of aliphatic imine (C=N–C) groups is 1. The van der Waals surface area contributed by atoms with Crippen LogP contribution in [0.25, 0.3) is 17.1 Å². The highest BCUT2D eigenvalue weighted by molar-refractivity contribution is 8.15. The molecule has 0 radical (unpaired) electrons. The number of aromatic nitrogens is 3. The fourth-order valence-corrected chi connectivity index (χ4v) is 5.77. The van der Waals surface area contributed by atoms with Crippen LogP contribution >= 0.6 is 11.8 Å². The predicted octanol–water partition coefficient (Wildman–Crippen LogP) is 7.08. The number of aryl methyl sites for hydroxylation is 3. The van der Waals surface area contributed by atoms with Crippen molar-refractivity contribution in [1.29, 1.82) is 0 Å². The van der Waals surface area contributed by atoms with E-state index in [0.717, 1.165) is 47.2 Å². The molecule has 2 heterocycles. The summed E-state index contributed by atoms with van der Waals surface area (Å²) in [4.78, 5) is 35.6. The Morgan fingerprint density at radius 2 is 1.80 bits per heavy atom. The number of amides is 2. The van der Waals surface area contributed by atoms with Crippen LogP contribution in [0.2, 0.25) is 0 Å². The van der Waals surface area contributed by atoms with Crippen LogP contribution in [-0.4, -0.2) is 43.9 Å². The van der Waals surface area contributed by atoms with Crippen LogP contribution in [0.5, 0.6) is 5.75 Å². The van der Waals surface area contributed by atoms with Gasteiger partial charge in [0.2, 0.25) is 11.8 Å². The zero-order valence-electron chi connectivity index (χ0n) is 24.2. The highest BCUT2D eigenvalue weighted by Crippen LogP contribution is 2.33. The van der Waals surface area contributed by atoms with E-state index in [4.69, 9.17) is 0 Å². The molecule has 1 aliphatic rings. The van der Waals surface area contributed by atoms with Gasteiger partial charge in [-0.15, -0.1) is 18.3 Å². The number of hydrogen-bond acceptors (Lipinski definition) is 6. The molecule has 0 spiro atoms.